The Kier molecular flexibility index (Phi) is 7.11. The minimum absolute atomic E-state index is 0. The number of carbonyl (C=O) groups excluding carboxylic acids is 1. The standard InChI is InChI=1S/C13H17FIN3O2.ClH/c1-16-13(20)18-12-9(14)4-7(5-10(12)15)11(19)6-17-8-2-3-8;/h4-5,8,11,17,19H,2-3,6H2,1H3,(H2,16,18,20);1H. The summed E-state index contributed by atoms with van der Waals surface area (Å²) in [5, 5.41) is 18.0. The van der Waals surface area contributed by atoms with Crippen molar-refractivity contribution in [1.29, 1.82) is 0 Å². The first kappa shape index (κ1) is 18.4. The molecule has 0 bridgehead atoms. The molecule has 0 saturated heterocycles. The van der Waals surface area contributed by atoms with E-state index in [0.717, 1.165) is 12.8 Å². The van der Waals surface area contributed by atoms with Gasteiger partial charge < -0.3 is 21.1 Å². The minimum atomic E-state index is -0.757. The monoisotopic (exact) mass is 429 g/mol. The first-order valence-corrected chi connectivity index (χ1v) is 7.48. The lowest BCUT2D eigenvalue weighted by Crippen LogP contribution is -2.26. The number of halogens is 3. The molecule has 2 amide bonds. The maximum absolute atomic E-state index is 14.0. The van der Waals surface area contributed by atoms with Crippen LogP contribution in [0.3, 0.4) is 0 Å². The molecule has 2 rings (SSSR count). The number of anilines is 1. The van der Waals surface area contributed by atoms with E-state index >= 15 is 0 Å². The van der Waals surface area contributed by atoms with Crippen molar-refractivity contribution in [2.75, 3.05) is 18.9 Å². The van der Waals surface area contributed by atoms with Crippen LogP contribution in [0.25, 0.3) is 0 Å². The van der Waals surface area contributed by atoms with Crippen LogP contribution in [0.4, 0.5) is 14.9 Å². The molecule has 0 spiro atoms. The number of aliphatic hydroxyl groups is 1. The fraction of sp³-hybridized carbons (Fsp3) is 0.462. The van der Waals surface area contributed by atoms with E-state index in [1.165, 1.54) is 13.1 Å². The van der Waals surface area contributed by atoms with Crippen LogP contribution in [0.2, 0.25) is 0 Å². The van der Waals surface area contributed by atoms with Crippen molar-refractivity contribution in [3.8, 4) is 0 Å². The van der Waals surface area contributed by atoms with Gasteiger partial charge in [0.15, 0.2) is 0 Å². The van der Waals surface area contributed by atoms with Crippen LogP contribution >= 0.6 is 35.0 Å². The van der Waals surface area contributed by atoms with Crippen LogP contribution in [0.1, 0.15) is 24.5 Å². The Morgan fingerprint density at radius 1 is 1.52 bits per heavy atom. The summed E-state index contributed by atoms with van der Waals surface area (Å²) in [5.41, 5.74) is 0.624. The smallest absolute Gasteiger partial charge is 0.319 e. The van der Waals surface area contributed by atoms with Crippen LogP contribution in [-0.2, 0) is 0 Å². The van der Waals surface area contributed by atoms with Gasteiger partial charge in [-0.3, -0.25) is 0 Å². The molecular weight excluding hydrogens is 412 g/mol. The van der Waals surface area contributed by atoms with Crippen molar-refractivity contribution in [3.63, 3.8) is 0 Å². The second kappa shape index (κ2) is 8.11. The lowest BCUT2D eigenvalue weighted by molar-refractivity contribution is 0.174. The number of amides is 2. The molecule has 1 fully saturated rings. The second-order valence-corrected chi connectivity index (χ2v) is 5.92. The summed E-state index contributed by atoms with van der Waals surface area (Å²) >= 11 is 1.93. The van der Waals surface area contributed by atoms with Crippen LogP contribution in [0, 0.1) is 9.39 Å². The molecule has 1 atom stereocenters. The zero-order valence-electron chi connectivity index (χ0n) is 11.5. The Balaban J connectivity index is 0.00000220. The van der Waals surface area contributed by atoms with Crippen molar-refractivity contribution in [3.05, 3.63) is 27.1 Å². The van der Waals surface area contributed by atoms with Crippen molar-refractivity contribution in [2.24, 2.45) is 0 Å². The highest BCUT2D eigenvalue weighted by Gasteiger charge is 2.22. The number of hydrogen-bond acceptors (Lipinski definition) is 3. The number of rotatable bonds is 5. The zero-order chi connectivity index (χ0) is 14.7. The lowest BCUT2D eigenvalue weighted by Gasteiger charge is -2.15. The third-order valence-electron chi connectivity index (χ3n) is 3.09. The molecule has 118 valence electrons. The molecule has 0 aromatic heterocycles. The predicted molar refractivity (Wildman–Crippen MR) is 90.4 cm³/mol. The van der Waals surface area contributed by atoms with Crippen LogP contribution in [-0.4, -0.2) is 30.8 Å². The summed E-state index contributed by atoms with van der Waals surface area (Å²) in [7, 11) is 1.46. The van der Waals surface area contributed by atoms with Gasteiger partial charge in [-0.1, -0.05) is 0 Å². The van der Waals surface area contributed by atoms with E-state index in [-0.39, 0.29) is 18.1 Å². The highest BCUT2D eigenvalue weighted by molar-refractivity contribution is 14.1. The quantitative estimate of drug-likeness (QED) is 0.543. The number of nitrogens with one attached hydrogen (secondary N) is 3. The van der Waals surface area contributed by atoms with Crippen LogP contribution < -0.4 is 16.0 Å². The number of benzene rings is 1. The number of hydrogen-bond donors (Lipinski definition) is 4. The third-order valence-corrected chi connectivity index (χ3v) is 3.94. The van der Waals surface area contributed by atoms with Crippen molar-refractivity contribution in [2.45, 2.75) is 25.0 Å². The topological polar surface area (TPSA) is 73.4 Å². The first-order valence-electron chi connectivity index (χ1n) is 6.40. The van der Waals surface area contributed by atoms with E-state index in [1.54, 1.807) is 6.07 Å². The minimum Gasteiger partial charge on any atom is -0.387 e. The van der Waals surface area contributed by atoms with Crippen molar-refractivity contribution >= 4 is 46.7 Å². The Hall–Kier alpha value is -0.640. The molecule has 0 heterocycles. The predicted octanol–water partition coefficient (Wildman–Crippen LogP) is 2.39. The van der Waals surface area contributed by atoms with Crippen LogP contribution in [0.15, 0.2) is 12.1 Å². The molecule has 1 aromatic carbocycles. The van der Waals surface area contributed by atoms with Gasteiger partial charge in [0.2, 0.25) is 0 Å². The fourth-order valence-electron chi connectivity index (χ4n) is 1.76. The van der Waals surface area contributed by atoms with Gasteiger partial charge in [0.1, 0.15) is 5.82 Å². The van der Waals surface area contributed by atoms with E-state index in [9.17, 15) is 14.3 Å². The summed E-state index contributed by atoms with van der Waals surface area (Å²) < 4.78 is 14.5. The van der Waals surface area contributed by atoms with Gasteiger partial charge in [-0.2, -0.15) is 0 Å². The van der Waals surface area contributed by atoms with Gasteiger partial charge >= 0.3 is 6.03 Å². The van der Waals surface area contributed by atoms with Gasteiger partial charge in [-0.15, -0.1) is 12.4 Å². The van der Waals surface area contributed by atoms with Gasteiger partial charge in [0.25, 0.3) is 0 Å². The second-order valence-electron chi connectivity index (χ2n) is 4.76. The molecule has 1 unspecified atom stereocenters. The molecule has 4 N–H and O–H groups in total. The highest BCUT2D eigenvalue weighted by Crippen LogP contribution is 2.27. The average molecular weight is 430 g/mol. The summed E-state index contributed by atoms with van der Waals surface area (Å²) in [6, 6.07) is 2.94. The summed E-state index contributed by atoms with van der Waals surface area (Å²) in [5.74, 6) is -0.555. The largest absolute Gasteiger partial charge is 0.387 e. The molecule has 8 heteroatoms. The maximum Gasteiger partial charge on any atom is 0.319 e. The van der Waals surface area contributed by atoms with Crippen molar-refractivity contribution in [1.82, 2.24) is 10.6 Å². The van der Waals surface area contributed by atoms with E-state index in [4.69, 9.17) is 0 Å². The zero-order valence-corrected chi connectivity index (χ0v) is 14.4. The summed E-state index contributed by atoms with van der Waals surface area (Å²) in [6.45, 7) is 0.405. The van der Waals surface area contributed by atoms with Crippen molar-refractivity contribution < 1.29 is 14.3 Å². The molecule has 5 nitrogen and oxygen atoms in total. The molecule has 21 heavy (non-hydrogen) atoms. The number of carbonyl (C=O) groups is 1. The Morgan fingerprint density at radius 2 is 2.19 bits per heavy atom. The Labute approximate surface area is 142 Å². The van der Waals surface area contributed by atoms with Crippen LogP contribution in [0.5, 0.6) is 0 Å². The number of urea groups is 1. The van der Waals surface area contributed by atoms with E-state index in [2.05, 4.69) is 16.0 Å². The molecule has 0 radical (unpaired) electrons. The van der Waals surface area contributed by atoms with Gasteiger partial charge in [-0.25, -0.2) is 9.18 Å². The maximum atomic E-state index is 14.0. The van der Waals surface area contributed by atoms with Gasteiger partial charge in [0.05, 0.1) is 11.8 Å². The molecule has 1 saturated carbocycles. The van der Waals surface area contributed by atoms with Gasteiger partial charge in [0, 0.05) is 23.2 Å². The molecular formula is C13H18ClFIN3O2. The highest BCUT2D eigenvalue weighted by atomic mass is 127. The SMILES string of the molecule is CNC(=O)Nc1c(F)cc(C(O)CNC2CC2)cc1I.Cl. The Morgan fingerprint density at radius 3 is 2.71 bits per heavy atom. The molecule has 1 aliphatic rings. The number of aliphatic hydroxyl groups excluding tert-OH is 1. The lowest BCUT2D eigenvalue weighted by atomic mass is 10.1. The summed E-state index contributed by atoms with van der Waals surface area (Å²) in [6.07, 6.45) is 1.51. The average Bonchev–Trinajstić information content (AvgIpc) is 3.23. The fourth-order valence-corrected chi connectivity index (χ4v) is 2.52. The van der Waals surface area contributed by atoms with E-state index in [0.29, 0.717) is 21.7 Å². The Bertz CT molecular complexity index is 491. The first-order chi connectivity index (χ1) is 9.51. The molecule has 1 aliphatic carbocycles. The van der Waals surface area contributed by atoms with Gasteiger partial charge in [-0.05, 0) is 53.1 Å². The molecule has 0 aliphatic heterocycles. The van der Waals surface area contributed by atoms with E-state index in [1.807, 2.05) is 22.6 Å². The van der Waals surface area contributed by atoms with E-state index < -0.39 is 18.0 Å². The molecule has 1 aromatic rings. The third kappa shape index (κ3) is 5.24. The summed E-state index contributed by atoms with van der Waals surface area (Å²) in [4.78, 5) is 11.2. The normalized spacial score (nSPS) is 15.0.